The van der Waals surface area contributed by atoms with Crippen LogP contribution in [0.15, 0.2) is 29.2 Å². The molecule has 1 amide bonds. The van der Waals surface area contributed by atoms with Gasteiger partial charge in [-0.3, -0.25) is 4.79 Å². The van der Waals surface area contributed by atoms with E-state index in [9.17, 15) is 4.79 Å². The van der Waals surface area contributed by atoms with Crippen molar-refractivity contribution in [1.82, 2.24) is 5.32 Å². The van der Waals surface area contributed by atoms with Gasteiger partial charge in [-0.05, 0) is 30.7 Å². The molecule has 1 rings (SSSR count). The Bertz CT molecular complexity index is 367. The van der Waals surface area contributed by atoms with E-state index in [4.69, 9.17) is 11.6 Å². The highest BCUT2D eigenvalue weighted by Gasteiger charge is 2.10. The summed E-state index contributed by atoms with van der Waals surface area (Å²) in [4.78, 5) is 12.8. The van der Waals surface area contributed by atoms with Crippen molar-refractivity contribution in [3.63, 3.8) is 0 Å². The Hall–Kier alpha value is -0.670. The lowest BCUT2D eigenvalue weighted by Gasteiger charge is -2.10. The standard InChI is InChI=1S/C14H20ClNOS/c1-3-4-11(2)14(17)16-9-10-18-13-7-5-12(15)6-8-13/h5-8,11H,3-4,9-10H2,1-2H3,(H,16,17). The van der Waals surface area contributed by atoms with Crippen LogP contribution in [0.1, 0.15) is 26.7 Å². The smallest absolute Gasteiger partial charge is 0.222 e. The van der Waals surface area contributed by atoms with Crippen LogP contribution in [0.5, 0.6) is 0 Å². The zero-order chi connectivity index (χ0) is 13.4. The maximum absolute atomic E-state index is 11.7. The largest absolute Gasteiger partial charge is 0.355 e. The van der Waals surface area contributed by atoms with Crippen LogP contribution in [-0.4, -0.2) is 18.2 Å². The molecular weight excluding hydrogens is 266 g/mol. The van der Waals surface area contributed by atoms with Crippen molar-refractivity contribution < 1.29 is 4.79 Å². The molecule has 100 valence electrons. The minimum absolute atomic E-state index is 0.121. The second kappa shape index (κ2) is 8.44. The number of carbonyl (C=O) groups is 1. The third kappa shape index (κ3) is 5.78. The summed E-state index contributed by atoms with van der Waals surface area (Å²) in [5, 5.41) is 3.71. The lowest BCUT2D eigenvalue weighted by Crippen LogP contribution is -2.30. The molecule has 18 heavy (non-hydrogen) atoms. The first-order valence-corrected chi connectivity index (χ1v) is 7.66. The van der Waals surface area contributed by atoms with Crippen LogP contribution in [0, 0.1) is 5.92 Å². The Morgan fingerprint density at radius 3 is 2.67 bits per heavy atom. The molecule has 0 saturated heterocycles. The van der Waals surface area contributed by atoms with Crippen molar-refractivity contribution in [2.45, 2.75) is 31.6 Å². The lowest BCUT2D eigenvalue weighted by molar-refractivity contribution is -0.124. The molecule has 1 aromatic rings. The molecule has 0 bridgehead atoms. The Morgan fingerprint density at radius 1 is 1.39 bits per heavy atom. The molecule has 0 fully saturated rings. The Kier molecular flexibility index (Phi) is 7.21. The molecular formula is C14H20ClNOS. The number of amides is 1. The highest BCUT2D eigenvalue weighted by molar-refractivity contribution is 7.99. The number of carbonyl (C=O) groups excluding carboxylic acids is 1. The molecule has 1 unspecified atom stereocenters. The first-order chi connectivity index (χ1) is 8.63. The van der Waals surface area contributed by atoms with Crippen molar-refractivity contribution in [2.75, 3.05) is 12.3 Å². The summed E-state index contributed by atoms with van der Waals surface area (Å²) in [6.45, 7) is 4.78. The summed E-state index contributed by atoms with van der Waals surface area (Å²) in [5.74, 6) is 1.16. The topological polar surface area (TPSA) is 29.1 Å². The zero-order valence-electron chi connectivity index (χ0n) is 10.9. The van der Waals surface area contributed by atoms with Crippen molar-refractivity contribution in [3.05, 3.63) is 29.3 Å². The average Bonchev–Trinajstić information content (AvgIpc) is 2.36. The fourth-order valence-corrected chi connectivity index (χ4v) is 2.51. The molecule has 1 N–H and O–H groups in total. The van der Waals surface area contributed by atoms with Crippen LogP contribution in [-0.2, 0) is 4.79 Å². The molecule has 0 aliphatic heterocycles. The van der Waals surface area contributed by atoms with Crippen LogP contribution in [0.25, 0.3) is 0 Å². The zero-order valence-corrected chi connectivity index (χ0v) is 12.5. The van der Waals surface area contributed by atoms with Gasteiger partial charge in [-0.2, -0.15) is 0 Å². The second-order valence-corrected chi connectivity index (χ2v) is 5.89. The van der Waals surface area contributed by atoms with E-state index in [0.717, 1.165) is 23.6 Å². The normalized spacial score (nSPS) is 12.2. The molecule has 1 atom stereocenters. The monoisotopic (exact) mass is 285 g/mol. The van der Waals surface area contributed by atoms with Gasteiger partial charge in [-0.25, -0.2) is 0 Å². The number of halogens is 1. The number of rotatable bonds is 7. The number of nitrogens with one attached hydrogen (secondary N) is 1. The van der Waals surface area contributed by atoms with Gasteiger partial charge in [0.25, 0.3) is 0 Å². The van der Waals surface area contributed by atoms with Crippen LogP contribution in [0.4, 0.5) is 0 Å². The van der Waals surface area contributed by atoms with E-state index >= 15 is 0 Å². The van der Waals surface area contributed by atoms with Crippen molar-refractivity contribution in [2.24, 2.45) is 5.92 Å². The van der Waals surface area contributed by atoms with Gasteiger partial charge in [-0.1, -0.05) is 31.9 Å². The first-order valence-electron chi connectivity index (χ1n) is 6.29. The van der Waals surface area contributed by atoms with E-state index < -0.39 is 0 Å². The number of hydrogen-bond acceptors (Lipinski definition) is 2. The number of thioether (sulfide) groups is 1. The quantitative estimate of drug-likeness (QED) is 0.606. The first kappa shape index (κ1) is 15.4. The van der Waals surface area contributed by atoms with Gasteiger partial charge in [0.1, 0.15) is 0 Å². The molecule has 0 radical (unpaired) electrons. The predicted octanol–water partition coefficient (Wildman–Crippen LogP) is 3.98. The lowest BCUT2D eigenvalue weighted by atomic mass is 10.1. The van der Waals surface area contributed by atoms with Crippen molar-refractivity contribution in [1.29, 1.82) is 0 Å². The fraction of sp³-hybridized carbons (Fsp3) is 0.500. The van der Waals surface area contributed by atoms with Crippen LogP contribution >= 0.6 is 23.4 Å². The molecule has 0 aliphatic rings. The third-order valence-electron chi connectivity index (χ3n) is 2.65. The van der Waals surface area contributed by atoms with E-state index in [1.807, 2.05) is 31.2 Å². The maximum atomic E-state index is 11.7. The van der Waals surface area contributed by atoms with Gasteiger partial charge < -0.3 is 5.32 Å². The molecule has 0 aromatic heterocycles. The van der Waals surface area contributed by atoms with E-state index in [1.54, 1.807) is 11.8 Å². The van der Waals surface area contributed by atoms with Crippen LogP contribution < -0.4 is 5.32 Å². The Morgan fingerprint density at radius 2 is 2.06 bits per heavy atom. The Balaban J connectivity index is 2.18. The Labute approximate surface area is 118 Å². The van der Waals surface area contributed by atoms with Gasteiger partial charge >= 0.3 is 0 Å². The number of benzene rings is 1. The fourth-order valence-electron chi connectivity index (χ4n) is 1.61. The van der Waals surface area contributed by atoms with Crippen molar-refractivity contribution in [3.8, 4) is 0 Å². The summed E-state index contributed by atoms with van der Waals surface area (Å²) in [7, 11) is 0. The van der Waals surface area contributed by atoms with E-state index in [2.05, 4.69) is 12.2 Å². The van der Waals surface area contributed by atoms with E-state index in [1.165, 1.54) is 4.90 Å². The average molecular weight is 286 g/mol. The van der Waals surface area contributed by atoms with Crippen molar-refractivity contribution >= 4 is 29.3 Å². The molecule has 0 saturated carbocycles. The van der Waals surface area contributed by atoms with Crippen LogP contribution in [0.2, 0.25) is 5.02 Å². The van der Waals surface area contributed by atoms with Crippen LogP contribution in [0.3, 0.4) is 0 Å². The SMILES string of the molecule is CCCC(C)C(=O)NCCSc1ccc(Cl)cc1. The molecule has 0 heterocycles. The predicted molar refractivity (Wildman–Crippen MR) is 79.3 cm³/mol. The molecule has 1 aromatic carbocycles. The molecule has 2 nitrogen and oxygen atoms in total. The van der Waals surface area contributed by atoms with Gasteiger partial charge in [0, 0.05) is 28.1 Å². The molecule has 0 aliphatic carbocycles. The van der Waals surface area contributed by atoms with Gasteiger partial charge in [-0.15, -0.1) is 11.8 Å². The van der Waals surface area contributed by atoms with Gasteiger partial charge in [0.05, 0.1) is 0 Å². The van der Waals surface area contributed by atoms with E-state index in [0.29, 0.717) is 6.54 Å². The third-order valence-corrected chi connectivity index (χ3v) is 3.92. The second-order valence-electron chi connectivity index (χ2n) is 4.28. The minimum Gasteiger partial charge on any atom is -0.355 e. The summed E-state index contributed by atoms with van der Waals surface area (Å²) < 4.78 is 0. The highest BCUT2D eigenvalue weighted by Crippen LogP contribution is 2.19. The molecule has 4 heteroatoms. The number of hydrogen-bond donors (Lipinski definition) is 1. The van der Waals surface area contributed by atoms with Gasteiger partial charge in [0.15, 0.2) is 0 Å². The van der Waals surface area contributed by atoms with Gasteiger partial charge in [0.2, 0.25) is 5.91 Å². The minimum atomic E-state index is 0.121. The summed E-state index contributed by atoms with van der Waals surface area (Å²) in [6, 6.07) is 7.75. The maximum Gasteiger partial charge on any atom is 0.222 e. The highest BCUT2D eigenvalue weighted by atomic mass is 35.5. The summed E-state index contributed by atoms with van der Waals surface area (Å²) in [6.07, 6.45) is 2.00. The molecule has 0 spiro atoms. The van der Waals surface area contributed by atoms with E-state index in [-0.39, 0.29) is 11.8 Å². The summed E-state index contributed by atoms with van der Waals surface area (Å²) >= 11 is 7.54. The summed E-state index contributed by atoms with van der Waals surface area (Å²) in [5.41, 5.74) is 0.